The minimum absolute atomic E-state index is 0.122. The van der Waals surface area contributed by atoms with E-state index in [1.165, 1.54) is 0 Å². The van der Waals surface area contributed by atoms with E-state index >= 15 is 0 Å². The number of carbonyl (C=O) groups excluding carboxylic acids is 1. The molecule has 0 saturated carbocycles. The number of rotatable bonds is 6. The van der Waals surface area contributed by atoms with Crippen LogP contribution in [0.3, 0.4) is 0 Å². The Bertz CT molecular complexity index is 988. The zero-order valence-corrected chi connectivity index (χ0v) is 17.0. The Labute approximate surface area is 167 Å². The largest absolute Gasteiger partial charge is 0.481 e. The van der Waals surface area contributed by atoms with Crippen LogP contribution in [0.1, 0.15) is 39.5 Å². The number of benzene rings is 2. The summed E-state index contributed by atoms with van der Waals surface area (Å²) >= 11 is 1.58. The summed E-state index contributed by atoms with van der Waals surface area (Å²) in [4.78, 5) is 30.1. The average molecular weight is 398 g/mol. The number of ether oxygens (including phenoxy) is 1. The van der Waals surface area contributed by atoms with E-state index in [1.807, 2.05) is 31.2 Å². The summed E-state index contributed by atoms with van der Waals surface area (Å²) in [5.74, 6) is -0.660. The third kappa shape index (κ3) is 3.99. The minimum atomic E-state index is -1.04. The molecule has 1 amide bonds. The Balaban J connectivity index is 1.83. The SMILES string of the molecule is Cc1cc(C(=O)N(C)C(C)c2nc3ccccc3s2)cc(C)c1OCC(=O)O. The van der Waals surface area contributed by atoms with Crippen LogP contribution in [-0.2, 0) is 4.79 Å². The van der Waals surface area contributed by atoms with E-state index in [2.05, 4.69) is 4.98 Å². The van der Waals surface area contributed by atoms with Crippen molar-refractivity contribution in [3.8, 4) is 5.75 Å². The summed E-state index contributed by atoms with van der Waals surface area (Å²) in [6, 6.07) is 11.2. The van der Waals surface area contributed by atoms with Gasteiger partial charge >= 0.3 is 5.97 Å². The van der Waals surface area contributed by atoms with Gasteiger partial charge in [0, 0.05) is 12.6 Å². The molecule has 0 saturated heterocycles. The molecule has 3 aromatic rings. The lowest BCUT2D eigenvalue weighted by atomic mass is 10.0. The Morgan fingerprint density at radius 3 is 2.46 bits per heavy atom. The molecule has 0 aliphatic carbocycles. The number of carbonyl (C=O) groups is 2. The van der Waals surface area contributed by atoms with E-state index in [1.54, 1.807) is 49.3 Å². The zero-order chi connectivity index (χ0) is 20.4. The first-order valence-corrected chi connectivity index (χ1v) is 9.68. The van der Waals surface area contributed by atoms with Crippen molar-refractivity contribution in [3.63, 3.8) is 0 Å². The molecular weight excluding hydrogens is 376 g/mol. The normalized spacial score (nSPS) is 12.0. The first-order chi connectivity index (χ1) is 13.3. The van der Waals surface area contributed by atoms with E-state index in [9.17, 15) is 9.59 Å². The second-order valence-electron chi connectivity index (χ2n) is 6.73. The highest BCUT2D eigenvalue weighted by molar-refractivity contribution is 7.18. The van der Waals surface area contributed by atoms with Crippen LogP contribution in [0.15, 0.2) is 36.4 Å². The standard InChI is InChI=1S/C21H22N2O4S/c1-12-9-15(10-13(2)19(12)27-11-18(24)25)21(26)23(4)14(3)20-22-16-7-5-6-8-17(16)28-20/h5-10,14H,11H2,1-4H3,(H,24,25). The van der Waals surface area contributed by atoms with Crippen LogP contribution in [0.4, 0.5) is 0 Å². The van der Waals surface area contributed by atoms with Crippen molar-refractivity contribution in [2.45, 2.75) is 26.8 Å². The molecule has 0 aliphatic rings. The fourth-order valence-electron chi connectivity index (χ4n) is 3.05. The number of aliphatic carboxylic acids is 1. The van der Waals surface area contributed by atoms with Crippen molar-refractivity contribution >= 4 is 33.4 Å². The maximum absolute atomic E-state index is 13.0. The fraction of sp³-hybridized carbons (Fsp3) is 0.286. The molecule has 2 aromatic carbocycles. The summed E-state index contributed by atoms with van der Waals surface area (Å²) < 4.78 is 6.44. The lowest BCUT2D eigenvalue weighted by Crippen LogP contribution is -2.29. The summed E-state index contributed by atoms with van der Waals surface area (Å²) in [6.07, 6.45) is 0. The van der Waals surface area contributed by atoms with Gasteiger partial charge in [0.1, 0.15) is 10.8 Å². The van der Waals surface area contributed by atoms with E-state index in [-0.39, 0.29) is 11.9 Å². The topological polar surface area (TPSA) is 79.7 Å². The van der Waals surface area contributed by atoms with Gasteiger partial charge in [-0.1, -0.05) is 12.1 Å². The molecule has 0 radical (unpaired) electrons. The molecule has 1 aromatic heterocycles. The molecule has 1 heterocycles. The lowest BCUT2D eigenvalue weighted by Gasteiger charge is -2.24. The molecule has 7 heteroatoms. The van der Waals surface area contributed by atoms with Crippen molar-refractivity contribution in [2.75, 3.05) is 13.7 Å². The summed E-state index contributed by atoms with van der Waals surface area (Å²) in [7, 11) is 1.76. The highest BCUT2D eigenvalue weighted by atomic mass is 32.1. The second kappa shape index (κ2) is 7.98. The first kappa shape index (κ1) is 19.8. The van der Waals surface area contributed by atoms with Crippen molar-refractivity contribution in [1.29, 1.82) is 0 Å². The Kier molecular flexibility index (Phi) is 5.65. The number of thiazole rings is 1. The molecule has 1 unspecified atom stereocenters. The number of para-hydroxylation sites is 1. The van der Waals surface area contributed by atoms with Gasteiger partial charge in [-0.05, 0) is 56.2 Å². The van der Waals surface area contributed by atoms with Gasteiger partial charge in [-0.3, -0.25) is 4.79 Å². The molecular formula is C21H22N2O4S. The molecule has 0 spiro atoms. The number of hydrogen-bond acceptors (Lipinski definition) is 5. The molecule has 3 rings (SSSR count). The molecule has 0 aliphatic heterocycles. The van der Waals surface area contributed by atoms with Crippen LogP contribution >= 0.6 is 11.3 Å². The number of carboxylic acid groups (broad SMARTS) is 1. The summed E-state index contributed by atoms with van der Waals surface area (Å²) in [5, 5.41) is 9.68. The predicted molar refractivity (Wildman–Crippen MR) is 109 cm³/mol. The van der Waals surface area contributed by atoms with Gasteiger partial charge in [-0.2, -0.15) is 0 Å². The first-order valence-electron chi connectivity index (χ1n) is 8.86. The van der Waals surface area contributed by atoms with Crippen LogP contribution in [-0.4, -0.2) is 40.5 Å². The van der Waals surface area contributed by atoms with Crippen LogP contribution < -0.4 is 4.74 Å². The summed E-state index contributed by atoms with van der Waals surface area (Å²) in [5.41, 5.74) is 2.92. The van der Waals surface area contributed by atoms with Crippen LogP contribution in [0.2, 0.25) is 0 Å². The number of amides is 1. The van der Waals surface area contributed by atoms with E-state index in [4.69, 9.17) is 9.84 Å². The van der Waals surface area contributed by atoms with Crippen molar-refractivity contribution in [3.05, 3.63) is 58.1 Å². The maximum Gasteiger partial charge on any atom is 0.341 e. The van der Waals surface area contributed by atoms with Crippen LogP contribution in [0.25, 0.3) is 10.2 Å². The predicted octanol–water partition coefficient (Wildman–Crippen LogP) is 4.21. The number of aryl methyl sites for hydroxylation is 2. The quantitative estimate of drug-likeness (QED) is 0.673. The fourth-order valence-corrected chi connectivity index (χ4v) is 4.11. The maximum atomic E-state index is 13.0. The molecule has 6 nitrogen and oxygen atoms in total. The van der Waals surface area contributed by atoms with Crippen molar-refractivity contribution < 1.29 is 19.4 Å². The second-order valence-corrected chi connectivity index (χ2v) is 7.80. The van der Waals surface area contributed by atoms with Gasteiger partial charge in [0.05, 0.1) is 16.3 Å². The number of hydrogen-bond donors (Lipinski definition) is 1. The van der Waals surface area contributed by atoms with Gasteiger partial charge in [-0.25, -0.2) is 9.78 Å². The van der Waals surface area contributed by atoms with Crippen molar-refractivity contribution in [2.24, 2.45) is 0 Å². The number of aromatic nitrogens is 1. The monoisotopic (exact) mass is 398 g/mol. The zero-order valence-electron chi connectivity index (χ0n) is 16.2. The number of fused-ring (bicyclic) bond motifs is 1. The number of carboxylic acids is 1. The molecule has 0 bridgehead atoms. The van der Waals surface area contributed by atoms with E-state index in [0.29, 0.717) is 11.3 Å². The Morgan fingerprint density at radius 2 is 1.86 bits per heavy atom. The van der Waals surface area contributed by atoms with Gasteiger partial charge in [0.15, 0.2) is 6.61 Å². The Hall–Kier alpha value is -2.93. The highest BCUT2D eigenvalue weighted by Crippen LogP contribution is 2.31. The Morgan fingerprint density at radius 1 is 1.21 bits per heavy atom. The van der Waals surface area contributed by atoms with Crippen molar-refractivity contribution in [1.82, 2.24) is 9.88 Å². The van der Waals surface area contributed by atoms with Gasteiger partial charge in [0.25, 0.3) is 5.91 Å². The average Bonchev–Trinajstić information content (AvgIpc) is 3.09. The summed E-state index contributed by atoms with van der Waals surface area (Å²) in [6.45, 7) is 5.15. The lowest BCUT2D eigenvalue weighted by molar-refractivity contribution is -0.139. The molecule has 1 N–H and O–H groups in total. The van der Waals surface area contributed by atoms with E-state index in [0.717, 1.165) is 26.4 Å². The third-order valence-corrected chi connectivity index (χ3v) is 5.82. The van der Waals surface area contributed by atoms with E-state index < -0.39 is 12.6 Å². The molecule has 146 valence electrons. The van der Waals surface area contributed by atoms with Crippen LogP contribution in [0.5, 0.6) is 5.75 Å². The molecule has 1 atom stereocenters. The van der Waals surface area contributed by atoms with Gasteiger partial charge < -0.3 is 14.7 Å². The highest BCUT2D eigenvalue weighted by Gasteiger charge is 2.23. The van der Waals surface area contributed by atoms with Crippen LogP contribution in [0, 0.1) is 13.8 Å². The van der Waals surface area contributed by atoms with Gasteiger partial charge in [-0.15, -0.1) is 11.3 Å². The number of nitrogens with zero attached hydrogens (tertiary/aromatic N) is 2. The van der Waals surface area contributed by atoms with Gasteiger partial charge in [0.2, 0.25) is 0 Å². The molecule has 0 fully saturated rings. The minimum Gasteiger partial charge on any atom is -0.481 e. The molecule has 28 heavy (non-hydrogen) atoms. The smallest absolute Gasteiger partial charge is 0.341 e. The third-order valence-electron chi connectivity index (χ3n) is 4.62.